The van der Waals surface area contributed by atoms with Gasteiger partial charge in [-0.25, -0.2) is 4.98 Å². The molecule has 2 heterocycles. The van der Waals surface area contributed by atoms with E-state index in [1.54, 1.807) is 24.3 Å². The zero-order chi connectivity index (χ0) is 22.7. The molecule has 0 N–H and O–H groups in total. The molecule has 0 aliphatic carbocycles. The molecule has 2 aromatic carbocycles. The molecule has 0 spiro atoms. The zero-order valence-corrected chi connectivity index (χ0v) is 18.1. The highest BCUT2D eigenvalue weighted by Crippen LogP contribution is 2.31. The second-order valence-corrected chi connectivity index (χ2v) is 8.63. The van der Waals surface area contributed by atoms with Crippen LogP contribution < -0.4 is 5.56 Å². The lowest BCUT2D eigenvalue weighted by Gasteiger charge is -2.20. The monoisotopic (exact) mass is 461 g/mol. The standard InChI is InChI=1S/C23H22F3N3O2S/c24-23(25,26)16-8-7-9-17(14-16)29-21(31)18-10-3-4-11-19(18)27-22(29)32-15-20(30)28-12-5-1-2-6-13-28/h3-4,7-11,14H,1-2,5-6,12-13,15H2. The van der Waals surface area contributed by atoms with Crippen LogP contribution in [0.25, 0.3) is 16.6 Å². The van der Waals surface area contributed by atoms with Crippen molar-refractivity contribution < 1.29 is 18.0 Å². The molecule has 1 fully saturated rings. The Balaban J connectivity index is 1.73. The fourth-order valence-corrected chi connectivity index (χ4v) is 4.71. The summed E-state index contributed by atoms with van der Waals surface area (Å²) in [6, 6.07) is 11.3. The van der Waals surface area contributed by atoms with Crippen molar-refractivity contribution in [2.75, 3.05) is 18.8 Å². The van der Waals surface area contributed by atoms with E-state index in [1.807, 2.05) is 4.90 Å². The van der Waals surface area contributed by atoms with E-state index in [0.717, 1.165) is 54.1 Å². The third-order valence-electron chi connectivity index (χ3n) is 5.46. The van der Waals surface area contributed by atoms with Gasteiger partial charge in [-0.2, -0.15) is 13.2 Å². The van der Waals surface area contributed by atoms with E-state index in [4.69, 9.17) is 0 Å². The number of rotatable bonds is 4. The first kappa shape index (κ1) is 22.4. The first-order valence-corrected chi connectivity index (χ1v) is 11.4. The summed E-state index contributed by atoms with van der Waals surface area (Å²) in [6.45, 7) is 1.40. The molecular weight excluding hydrogens is 439 g/mol. The van der Waals surface area contributed by atoms with Crippen LogP contribution in [0.1, 0.15) is 31.2 Å². The van der Waals surface area contributed by atoms with Crippen LogP contribution >= 0.6 is 11.8 Å². The van der Waals surface area contributed by atoms with Crippen LogP contribution in [-0.4, -0.2) is 39.2 Å². The van der Waals surface area contributed by atoms with E-state index < -0.39 is 17.3 Å². The molecule has 0 saturated carbocycles. The summed E-state index contributed by atoms with van der Waals surface area (Å²) in [6.07, 6.45) is -0.435. The summed E-state index contributed by atoms with van der Waals surface area (Å²) < 4.78 is 41.0. The van der Waals surface area contributed by atoms with E-state index in [9.17, 15) is 22.8 Å². The summed E-state index contributed by atoms with van der Waals surface area (Å²) in [5.41, 5.74) is -0.829. The predicted octanol–water partition coefficient (Wildman–Crippen LogP) is 4.90. The van der Waals surface area contributed by atoms with Crippen molar-refractivity contribution in [2.24, 2.45) is 0 Å². The molecular formula is C23H22F3N3O2S. The number of fused-ring (bicyclic) bond motifs is 1. The molecule has 4 rings (SSSR count). The highest BCUT2D eigenvalue weighted by Gasteiger charge is 2.31. The fourth-order valence-electron chi connectivity index (χ4n) is 3.80. The molecule has 1 amide bonds. The third kappa shape index (κ3) is 4.82. The SMILES string of the molecule is O=C(CSc1nc2ccccc2c(=O)n1-c1cccc(C(F)(F)F)c1)N1CCCCCC1. The van der Waals surface area contributed by atoms with Gasteiger partial charge in [-0.3, -0.25) is 14.2 Å². The Morgan fingerprint density at radius 3 is 2.44 bits per heavy atom. The highest BCUT2D eigenvalue weighted by atomic mass is 32.2. The number of thioether (sulfide) groups is 1. The largest absolute Gasteiger partial charge is 0.416 e. The van der Waals surface area contributed by atoms with E-state index in [0.29, 0.717) is 24.0 Å². The van der Waals surface area contributed by atoms with E-state index in [2.05, 4.69) is 4.98 Å². The Labute approximate surface area is 187 Å². The number of hydrogen-bond acceptors (Lipinski definition) is 4. The van der Waals surface area contributed by atoms with Crippen molar-refractivity contribution >= 4 is 28.6 Å². The maximum atomic E-state index is 13.3. The minimum atomic E-state index is -4.54. The van der Waals surface area contributed by atoms with Crippen LogP contribution in [0, 0.1) is 0 Å². The van der Waals surface area contributed by atoms with Gasteiger partial charge >= 0.3 is 6.18 Å². The first-order chi connectivity index (χ1) is 15.3. The number of nitrogens with zero attached hydrogens (tertiary/aromatic N) is 3. The normalized spacial score (nSPS) is 15.0. The smallest absolute Gasteiger partial charge is 0.342 e. The van der Waals surface area contributed by atoms with Crippen molar-refractivity contribution in [3.8, 4) is 5.69 Å². The number of benzene rings is 2. The molecule has 1 saturated heterocycles. The molecule has 9 heteroatoms. The molecule has 0 radical (unpaired) electrons. The Morgan fingerprint density at radius 1 is 1.00 bits per heavy atom. The van der Waals surface area contributed by atoms with Crippen LogP contribution in [-0.2, 0) is 11.0 Å². The highest BCUT2D eigenvalue weighted by molar-refractivity contribution is 7.99. The molecule has 5 nitrogen and oxygen atoms in total. The van der Waals surface area contributed by atoms with Crippen LogP contribution in [0.4, 0.5) is 13.2 Å². The van der Waals surface area contributed by atoms with Gasteiger partial charge in [0.2, 0.25) is 5.91 Å². The van der Waals surface area contributed by atoms with Gasteiger partial charge < -0.3 is 4.90 Å². The number of halogens is 3. The van der Waals surface area contributed by atoms with Gasteiger partial charge in [0.25, 0.3) is 5.56 Å². The molecule has 0 unspecified atom stereocenters. The van der Waals surface area contributed by atoms with Gasteiger partial charge in [0.05, 0.1) is 27.9 Å². The number of para-hydroxylation sites is 1. The van der Waals surface area contributed by atoms with Crippen molar-refractivity contribution in [1.82, 2.24) is 14.5 Å². The second kappa shape index (κ2) is 9.36. The Kier molecular flexibility index (Phi) is 6.55. The summed E-state index contributed by atoms with van der Waals surface area (Å²) >= 11 is 1.07. The van der Waals surface area contributed by atoms with E-state index in [-0.39, 0.29) is 22.5 Å². The Hall–Kier alpha value is -2.81. The Morgan fingerprint density at radius 2 is 1.72 bits per heavy atom. The summed E-state index contributed by atoms with van der Waals surface area (Å²) in [5.74, 6) is -0.00101. The molecule has 1 aliphatic heterocycles. The maximum absolute atomic E-state index is 13.3. The van der Waals surface area contributed by atoms with E-state index in [1.165, 1.54) is 12.1 Å². The van der Waals surface area contributed by atoms with Gasteiger partial charge in [-0.15, -0.1) is 0 Å². The first-order valence-electron chi connectivity index (χ1n) is 10.4. The summed E-state index contributed by atoms with van der Waals surface area (Å²) in [4.78, 5) is 32.3. The number of likely N-dealkylation sites (tertiary alicyclic amines) is 1. The minimum Gasteiger partial charge on any atom is -0.342 e. The van der Waals surface area contributed by atoms with Crippen LogP contribution in [0.3, 0.4) is 0 Å². The lowest BCUT2D eigenvalue weighted by atomic mass is 10.2. The molecule has 1 aliphatic rings. The van der Waals surface area contributed by atoms with Gasteiger partial charge in [0.1, 0.15) is 0 Å². The summed E-state index contributed by atoms with van der Waals surface area (Å²) in [7, 11) is 0. The van der Waals surface area contributed by atoms with Gasteiger partial charge in [-0.1, -0.05) is 42.8 Å². The maximum Gasteiger partial charge on any atom is 0.416 e. The van der Waals surface area contributed by atoms with E-state index >= 15 is 0 Å². The molecule has 3 aromatic rings. The zero-order valence-electron chi connectivity index (χ0n) is 17.3. The lowest BCUT2D eigenvalue weighted by Crippen LogP contribution is -2.33. The van der Waals surface area contributed by atoms with Gasteiger partial charge in [0, 0.05) is 13.1 Å². The summed E-state index contributed by atoms with van der Waals surface area (Å²) in [5, 5.41) is 0.490. The van der Waals surface area contributed by atoms with Crippen molar-refractivity contribution in [1.29, 1.82) is 0 Å². The third-order valence-corrected chi connectivity index (χ3v) is 6.38. The number of carbonyl (C=O) groups is 1. The van der Waals surface area contributed by atoms with Gasteiger partial charge in [-0.05, 0) is 43.2 Å². The Bertz CT molecular complexity index is 1190. The fraction of sp³-hybridized carbons (Fsp3) is 0.348. The van der Waals surface area contributed by atoms with Crippen molar-refractivity contribution in [2.45, 2.75) is 37.0 Å². The van der Waals surface area contributed by atoms with Crippen molar-refractivity contribution in [3.05, 3.63) is 64.4 Å². The molecule has 1 aromatic heterocycles. The number of amides is 1. The molecule has 0 atom stereocenters. The lowest BCUT2D eigenvalue weighted by molar-refractivity contribution is -0.137. The van der Waals surface area contributed by atoms with Crippen LogP contribution in [0.2, 0.25) is 0 Å². The molecule has 168 valence electrons. The second-order valence-electron chi connectivity index (χ2n) is 7.68. The van der Waals surface area contributed by atoms with Crippen molar-refractivity contribution in [3.63, 3.8) is 0 Å². The average molecular weight is 462 g/mol. The minimum absolute atomic E-state index is 0.0593. The number of carbonyl (C=O) groups excluding carboxylic acids is 1. The number of alkyl halides is 3. The predicted molar refractivity (Wildman–Crippen MR) is 118 cm³/mol. The molecule has 32 heavy (non-hydrogen) atoms. The number of aromatic nitrogens is 2. The van der Waals surface area contributed by atoms with Crippen LogP contribution in [0.15, 0.2) is 58.5 Å². The van der Waals surface area contributed by atoms with Gasteiger partial charge in [0.15, 0.2) is 5.16 Å². The number of hydrogen-bond donors (Lipinski definition) is 0. The average Bonchev–Trinajstić information content (AvgIpc) is 3.07. The topological polar surface area (TPSA) is 55.2 Å². The van der Waals surface area contributed by atoms with Crippen LogP contribution in [0.5, 0.6) is 0 Å². The molecule has 0 bridgehead atoms. The quantitative estimate of drug-likeness (QED) is 0.410.